The van der Waals surface area contributed by atoms with Crippen molar-refractivity contribution in [1.29, 1.82) is 0 Å². The molecule has 1 aromatic heterocycles. The number of carboxylic acid groups (broad SMARTS) is 1. The molecule has 22 heavy (non-hydrogen) atoms. The molecule has 0 fully saturated rings. The lowest BCUT2D eigenvalue weighted by Crippen LogP contribution is -2.32. The molecule has 0 bridgehead atoms. The van der Waals surface area contributed by atoms with Crippen LogP contribution in [-0.4, -0.2) is 39.0 Å². The summed E-state index contributed by atoms with van der Waals surface area (Å²) in [7, 11) is -1.93. The third kappa shape index (κ3) is 3.02. The SMILES string of the molecule is COCCS(=O)(=O)C(C)(C)c1ccc2sc(C(=O)O)cc2c1. The van der Waals surface area contributed by atoms with Crippen molar-refractivity contribution in [2.24, 2.45) is 0 Å². The zero-order chi connectivity index (χ0) is 16.5. The number of methoxy groups -OCH3 is 1. The van der Waals surface area contributed by atoms with Crippen LogP contribution < -0.4 is 0 Å². The summed E-state index contributed by atoms with van der Waals surface area (Å²) in [6.07, 6.45) is 0. The second-order valence-electron chi connectivity index (χ2n) is 5.49. The van der Waals surface area contributed by atoms with E-state index in [4.69, 9.17) is 9.84 Å². The molecule has 0 amide bonds. The number of thiophene rings is 1. The number of fused-ring (bicyclic) bond motifs is 1. The van der Waals surface area contributed by atoms with E-state index >= 15 is 0 Å². The molecule has 7 heteroatoms. The highest BCUT2D eigenvalue weighted by molar-refractivity contribution is 7.92. The van der Waals surface area contributed by atoms with E-state index in [1.165, 1.54) is 18.4 Å². The Kier molecular flexibility index (Phi) is 4.60. The predicted octanol–water partition coefficient (Wildman–Crippen LogP) is 2.90. The number of ether oxygens (including phenoxy) is 1. The summed E-state index contributed by atoms with van der Waals surface area (Å²) in [6, 6.07) is 6.84. The van der Waals surface area contributed by atoms with Crippen molar-refractivity contribution in [1.82, 2.24) is 0 Å². The van der Waals surface area contributed by atoms with Crippen LogP contribution in [0.1, 0.15) is 29.1 Å². The number of rotatable bonds is 6. The molecule has 5 nitrogen and oxygen atoms in total. The molecule has 0 aliphatic rings. The normalized spacial score (nSPS) is 12.7. The summed E-state index contributed by atoms with van der Waals surface area (Å²) in [6.45, 7) is 3.46. The van der Waals surface area contributed by atoms with Gasteiger partial charge in [-0.25, -0.2) is 13.2 Å². The topological polar surface area (TPSA) is 80.7 Å². The summed E-state index contributed by atoms with van der Waals surface area (Å²) in [5, 5.41) is 9.79. The van der Waals surface area contributed by atoms with Crippen molar-refractivity contribution in [2.75, 3.05) is 19.5 Å². The van der Waals surface area contributed by atoms with Crippen LogP contribution in [-0.2, 0) is 19.3 Å². The maximum Gasteiger partial charge on any atom is 0.345 e. The Morgan fingerprint density at radius 3 is 2.59 bits per heavy atom. The lowest BCUT2D eigenvalue weighted by molar-refractivity contribution is 0.0702. The smallest absolute Gasteiger partial charge is 0.345 e. The fourth-order valence-electron chi connectivity index (χ4n) is 2.15. The van der Waals surface area contributed by atoms with Crippen LogP contribution in [0.5, 0.6) is 0 Å². The molecule has 0 aliphatic heterocycles. The third-order valence-electron chi connectivity index (χ3n) is 3.76. The molecule has 0 radical (unpaired) electrons. The Morgan fingerprint density at radius 2 is 2.00 bits per heavy atom. The van der Waals surface area contributed by atoms with Crippen molar-refractivity contribution in [3.63, 3.8) is 0 Å². The monoisotopic (exact) mass is 342 g/mol. The van der Waals surface area contributed by atoms with Gasteiger partial charge < -0.3 is 9.84 Å². The molecule has 2 aromatic rings. The summed E-state index contributed by atoms with van der Waals surface area (Å²) >= 11 is 1.18. The summed E-state index contributed by atoms with van der Waals surface area (Å²) < 4.78 is 29.6. The van der Waals surface area contributed by atoms with Gasteiger partial charge in [-0.05, 0) is 43.0 Å². The van der Waals surface area contributed by atoms with Crippen molar-refractivity contribution >= 4 is 37.2 Å². The first-order valence-electron chi connectivity index (χ1n) is 6.67. The van der Waals surface area contributed by atoms with E-state index in [-0.39, 0.29) is 17.2 Å². The Balaban J connectivity index is 2.47. The number of carbonyl (C=O) groups is 1. The molecule has 1 aromatic carbocycles. The van der Waals surface area contributed by atoms with Gasteiger partial charge in [-0.15, -0.1) is 11.3 Å². The Labute approximate surface area is 133 Å². The lowest BCUT2D eigenvalue weighted by Gasteiger charge is -2.25. The minimum absolute atomic E-state index is 0.0570. The highest BCUT2D eigenvalue weighted by Crippen LogP contribution is 2.34. The Bertz CT molecular complexity index is 802. The summed E-state index contributed by atoms with van der Waals surface area (Å²) in [4.78, 5) is 11.3. The van der Waals surface area contributed by atoms with Crippen LogP contribution in [0.15, 0.2) is 24.3 Å². The van der Waals surface area contributed by atoms with E-state index in [0.29, 0.717) is 5.56 Å². The standard InChI is InChI=1S/C15H18O5S2/c1-15(2,22(18,19)7-6-20-3)11-4-5-12-10(8-11)9-13(21-12)14(16)17/h4-5,8-9H,6-7H2,1-3H3,(H,16,17). The first-order valence-corrected chi connectivity index (χ1v) is 9.14. The average Bonchev–Trinajstić information content (AvgIpc) is 2.88. The van der Waals surface area contributed by atoms with Crippen LogP contribution >= 0.6 is 11.3 Å². The Hall–Kier alpha value is -1.44. The molecular weight excluding hydrogens is 324 g/mol. The molecule has 0 spiro atoms. The number of sulfone groups is 1. The molecule has 1 heterocycles. The van der Waals surface area contributed by atoms with Crippen LogP contribution in [0.3, 0.4) is 0 Å². The first kappa shape index (κ1) is 16.9. The maximum absolute atomic E-state index is 12.5. The van der Waals surface area contributed by atoms with Crippen LogP contribution in [0.25, 0.3) is 10.1 Å². The van der Waals surface area contributed by atoms with Gasteiger partial charge in [-0.1, -0.05) is 6.07 Å². The van der Waals surface area contributed by atoms with E-state index in [1.807, 2.05) is 0 Å². The minimum Gasteiger partial charge on any atom is -0.477 e. The van der Waals surface area contributed by atoms with Gasteiger partial charge in [-0.2, -0.15) is 0 Å². The molecule has 0 aliphatic carbocycles. The number of benzene rings is 1. The highest BCUT2D eigenvalue weighted by Gasteiger charge is 2.35. The molecule has 1 N–H and O–H groups in total. The van der Waals surface area contributed by atoms with Crippen molar-refractivity contribution in [2.45, 2.75) is 18.6 Å². The zero-order valence-corrected chi connectivity index (χ0v) is 14.3. The second kappa shape index (κ2) is 5.98. The third-order valence-corrected chi connectivity index (χ3v) is 7.35. The van der Waals surface area contributed by atoms with E-state index in [2.05, 4.69) is 0 Å². The largest absolute Gasteiger partial charge is 0.477 e. The van der Waals surface area contributed by atoms with Gasteiger partial charge in [0.2, 0.25) is 0 Å². The van der Waals surface area contributed by atoms with E-state index in [1.54, 1.807) is 38.1 Å². The van der Waals surface area contributed by atoms with Gasteiger partial charge in [0, 0.05) is 11.8 Å². The van der Waals surface area contributed by atoms with Gasteiger partial charge in [0.15, 0.2) is 9.84 Å². The molecular formula is C15H18O5S2. The molecule has 0 unspecified atom stereocenters. The number of hydrogen-bond acceptors (Lipinski definition) is 5. The van der Waals surface area contributed by atoms with E-state index < -0.39 is 20.6 Å². The van der Waals surface area contributed by atoms with E-state index in [9.17, 15) is 13.2 Å². The van der Waals surface area contributed by atoms with Gasteiger partial charge >= 0.3 is 5.97 Å². The van der Waals surface area contributed by atoms with Crippen LogP contribution in [0.2, 0.25) is 0 Å². The highest BCUT2D eigenvalue weighted by atomic mass is 32.2. The number of carboxylic acids is 1. The molecule has 0 atom stereocenters. The van der Waals surface area contributed by atoms with Gasteiger partial charge in [0.1, 0.15) is 4.88 Å². The number of hydrogen-bond donors (Lipinski definition) is 1. The first-order chi connectivity index (χ1) is 10.2. The maximum atomic E-state index is 12.5. The second-order valence-corrected chi connectivity index (χ2v) is 9.23. The van der Waals surface area contributed by atoms with Gasteiger partial charge in [-0.3, -0.25) is 0 Å². The number of aromatic carboxylic acids is 1. The summed E-state index contributed by atoms with van der Waals surface area (Å²) in [5.74, 6) is -1.03. The summed E-state index contributed by atoms with van der Waals surface area (Å²) in [5.41, 5.74) is 0.644. The van der Waals surface area contributed by atoms with Gasteiger partial charge in [0.25, 0.3) is 0 Å². The van der Waals surface area contributed by atoms with Gasteiger partial charge in [0.05, 0.1) is 17.1 Å². The fraction of sp³-hybridized carbons (Fsp3) is 0.400. The molecule has 0 saturated heterocycles. The quantitative estimate of drug-likeness (QED) is 0.873. The van der Waals surface area contributed by atoms with Crippen molar-refractivity contribution in [3.05, 3.63) is 34.7 Å². The average molecular weight is 342 g/mol. The molecule has 0 saturated carbocycles. The van der Waals surface area contributed by atoms with Crippen LogP contribution in [0.4, 0.5) is 0 Å². The molecule has 120 valence electrons. The van der Waals surface area contributed by atoms with Crippen molar-refractivity contribution in [3.8, 4) is 0 Å². The Morgan fingerprint density at radius 1 is 1.32 bits per heavy atom. The fourth-order valence-corrected chi connectivity index (χ4v) is 4.42. The zero-order valence-electron chi connectivity index (χ0n) is 12.6. The minimum atomic E-state index is -3.39. The molecule has 2 rings (SSSR count). The van der Waals surface area contributed by atoms with Crippen molar-refractivity contribution < 1.29 is 23.1 Å². The lowest BCUT2D eigenvalue weighted by atomic mass is 10.0. The van der Waals surface area contributed by atoms with E-state index in [0.717, 1.165) is 10.1 Å². The van der Waals surface area contributed by atoms with Crippen LogP contribution in [0, 0.1) is 0 Å². The predicted molar refractivity (Wildman–Crippen MR) is 87.5 cm³/mol.